The summed E-state index contributed by atoms with van der Waals surface area (Å²) in [6.07, 6.45) is 0.843. The topological polar surface area (TPSA) is 116 Å². The molecule has 5 rings (SSSR count). The van der Waals surface area contributed by atoms with Gasteiger partial charge in [0.15, 0.2) is 5.72 Å². The summed E-state index contributed by atoms with van der Waals surface area (Å²) in [5.74, 6) is 1.07. The van der Waals surface area contributed by atoms with Crippen molar-refractivity contribution in [3.05, 3.63) is 65.9 Å². The van der Waals surface area contributed by atoms with E-state index in [4.69, 9.17) is 26.5 Å². The molecule has 1 saturated heterocycles. The standard InChI is InChI=1S/C26H25N4O5/c1-15(27)16-7-8-20-18(13-16)24(31)29-26(35-20)9-11-30(12-10-26)25(32)19-14-22(34-3)17-5-4-6-21(33-2)23(17)28-19/h1,4-8,13-14H,9-12,27H2,2-3H3,(H,29,31)/q-1. The molecule has 3 aromatic rings. The van der Waals surface area contributed by atoms with Crippen molar-refractivity contribution in [1.82, 2.24) is 15.2 Å². The van der Waals surface area contributed by atoms with Crippen molar-refractivity contribution in [3.8, 4) is 17.2 Å². The monoisotopic (exact) mass is 473 g/mol. The van der Waals surface area contributed by atoms with Crippen molar-refractivity contribution in [3.63, 3.8) is 0 Å². The molecule has 0 radical (unpaired) electrons. The lowest BCUT2D eigenvalue weighted by Crippen LogP contribution is -2.61. The first kappa shape index (κ1) is 22.5. The number of nitrogens with zero attached hydrogens (tertiary/aromatic N) is 2. The van der Waals surface area contributed by atoms with Crippen molar-refractivity contribution >= 4 is 28.4 Å². The van der Waals surface area contributed by atoms with Crippen molar-refractivity contribution in [2.24, 2.45) is 5.73 Å². The number of benzene rings is 2. The summed E-state index contributed by atoms with van der Waals surface area (Å²) < 4.78 is 17.1. The summed E-state index contributed by atoms with van der Waals surface area (Å²) in [6, 6.07) is 12.2. The van der Waals surface area contributed by atoms with Crippen LogP contribution in [0.25, 0.3) is 16.6 Å². The molecule has 2 aliphatic rings. The second-order valence-electron chi connectivity index (χ2n) is 8.58. The highest BCUT2D eigenvalue weighted by Gasteiger charge is 2.43. The Morgan fingerprint density at radius 1 is 1.14 bits per heavy atom. The molecule has 0 unspecified atom stereocenters. The van der Waals surface area contributed by atoms with Gasteiger partial charge in [-0.2, -0.15) is 5.56 Å². The molecular weight excluding hydrogens is 448 g/mol. The van der Waals surface area contributed by atoms with Gasteiger partial charge in [0.25, 0.3) is 11.8 Å². The summed E-state index contributed by atoms with van der Waals surface area (Å²) in [5.41, 5.74) is 6.64. The normalized spacial score (nSPS) is 16.3. The van der Waals surface area contributed by atoms with Crippen LogP contribution in [0.3, 0.4) is 0 Å². The number of aromatic nitrogens is 1. The smallest absolute Gasteiger partial charge is 0.272 e. The third-order valence-corrected chi connectivity index (χ3v) is 6.49. The molecule has 9 heteroatoms. The third kappa shape index (κ3) is 3.88. The van der Waals surface area contributed by atoms with Crippen LogP contribution in [0, 0.1) is 6.58 Å². The van der Waals surface area contributed by atoms with Crippen LogP contribution in [0.1, 0.15) is 39.3 Å². The molecule has 3 heterocycles. The van der Waals surface area contributed by atoms with Gasteiger partial charge >= 0.3 is 0 Å². The van der Waals surface area contributed by atoms with Gasteiger partial charge in [-0.15, -0.1) is 17.8 Å². The number of hydrogen-bond acceptors (Lipinski definition) is 7. The minimum Gasteiger partial charge on any atom is -0.496 e. The van der Waals surface area contributed by atoms with E-state index in [1.165, 1.54) is 0 Å². The number of para-hydroxylation sites is 1. The van der Waals surface area contributed by atoms with E-state index < -0.39 is 5.72 Å². The van der Waals surface area contributed by atoms with Crippen LogP contribution in [-0.4, -0.2) is 54.7 Å². The van der Waals surface area contributed by atoms with Crippen LogP contribution in [0.4, 0.5) is 0 Å². The van der Waals surface area contributed by atoms with E-state index in [1.807, 2.05) is 12.1 Å². The van der Waals surface area contributed by atoms with Crippen LogP contribution in [0.2, 0.25) is 0 Å². The predicted molar refractivity (Wildman–Crippen MR) is 129 cm³/mol. The molecule has 2 amide bonds. The number of pyridine rings is 1. The van der Waals surface area contributed by atoms with Gasteiger partial charge in [-0.05, 0) is 18.2 Å². The van der Waals surface area contributed by atoms with Crippen molar-refractivity contribution < 1.29 is 23.8 Å². The molecule has 0 aliphatic carbocycles. The summed E-state index contributed by atoms with van der Waals surface area (Å²) in [7, 11) is 3.11. The minimum absolute atomic E-state index is 0.129. The van der Waals surface area contributed by atoms with E-state index in [-0.39, 0.29) is 23.2 Å². The lowest BCUT2D eigenvalue weighted by Gasteiger charge is -2.44. The van der Waals surface area contributed by atoms with E-state index in [2.05, 4.69) is 10.3 Å². The first-order valence-electron chi connectivity index (χ1n) is 11.2. The number of piperidine rings is 1. The fraction of sp³-hybridized carbons (Fsp3) is 0.269. The molecule has 0 bridgehead atoms. The van der Waals surface area contributed by atoms with Gasteiger partial charge in [0.1, 0.15) is 28.5 Å². The Kier molecular flexibility index (Phi) is 5.47. The number of hydrogen-bond donors (Lipinski definition) is 2. The molecular formula is C26H25N4O5-. The highest BCUT2D eigenvalue weighted by atomic mass is 16.5. The average Bonchev–Trinajstić information content (AvgIpc) is 2.87. The summed E-state index contributed by atoms with van der Waals surface area (Å²) in [6.45, 7) is 6.41. The second-order valence-corrected chi connectivity index (χ2v) is 8.58. The third-order valence-electron chi connectivity index (χ3n) is 6.49. The maximum Gasteiger partial charge on any atom is 0.272 e. The van der Waals surface area contributed by atoms with E-state index in [0.717, 1.165) is 5.39 Å². The zero-order valence-corrected chi connectivity index (χ0v) is 19.5. The van der Waals surface area contributed by atoms with Gasteiger partial charge in [-0.1, -0.05) is 6.07 Å². The Hall–Kier alpha value is -4.27. The van der Waals surface area contributed by atoms with Crippen LogP contribution < -0.4 is 25.3 Å². The second kappa shape index (κ2) is 8.50. The Morgan fingerprint density at radius 2 is 1.89 bits per heavy atom. The number of rotatable bonds is 4. The highest BCUT2D eigenvalue weighted by molar-refractivity contribution is 6.00. The van der Waals surface area contributed by atoms with E-state index in [0.29, 0.717) is 59.8 Å². The summed E-state index contributed by atoms with van der Waals surface area (Å²) in [5, 5.41) is 3.73. The van der Waals surface area contributed by atoms with Crippen molar-refractivity contribution in [1.29, 1.82) is 0 Å². The molecule has 3 N–H and O–H groups in total. The van der Waals surface area contributed by atoms with Crippen LogP contribution >= 0.6 is 0 Å². The van der Waals surface area contributed by atoms with Crippen LogP contribution in [-0.2, 0) is 0 Å². The van der Waals surface area contributed by atoms with E-state index in [9.17, 15) is 9.59 Å². The molecule has 0 atom stereocenters. The number of likely N-dealkylation sites (tertiary alicyclic amines) is 1. The maximum atomic E-state index is 13.4. The van der Waals surface area contributed by atoms with Gasteiger partial charge in [-0.25, -0.2) is 4.98 Å². The molecule has 35 heavy (non-hydrogen) atoms. The molecule has 1 aromatic heterocycles. The molecule has 2 aliphatic heterocycles. The van der Waals surface area contributed by atoms with Crippen LogP contribution in [0.5, 0.6) is 17.2 Å². The van der Waals surface area contributed by atoms with E-state index in [1.54, 1.807) is 49.5 Å². The Balaban J connectivity index is 1.36. The van der Waals surface area contributed by atoms with Gasteiger partial charge in [0, 0.05) is 37.4 Å². The predicted octanol–water partition coefficient (Wildman–Crippen LogP) is 2.74. The molecule has 2 aromatic carbocycles. The highest BCUT2D eigenvalue weighted by Crippen LogP contribution is 2.36. The number of fused-ring (bicyclic) bond motifs is 2. The summed E-state index contributed by atoms with van der Waals surface area (Å²) in [4.78, 5) is 32.5. The number of nitrogens with one attached hydrogen (secondary N) is 1. The number of methoxy groups -OCH3 is 2. The Morgan fingerprint density at radius 3 is 2.57 bits per heavy atom. The van der Waals surface area contributed by atoms with Gasteiger partial charge in [0.2, 0.25) is 0 Å². The average molecular weight is 474 g/mol. The van der Waals surface area contributed by atoms with Crippen LogP contribution in [0.15, 0.2) is 42.5 Å². The Bertz CT molecular complexity index is 1360. The van der Waals surface area contributed by atoms with Gasteiger partial charge in [-0.3, -0.25) is 16.2 Å². The van der Waals surface area contributed by atoms with Crippen molar-refractivity contribution in [2.45, 2.75) is 18.6 Å². The number of ether oxygens (including phenoxy) is 3. The maximum absolute atomic E-state index is 13.4. The number of nitrogens with two attached hydrogens (primary N) is 1. The zero-order chi connectivity index (χ0) is 24.7. The van der Waals surface area contributed by atoms with E-state index >= 15 is 0 Å². The van der Waals surface area contributed by atoms with Crippen molar-refractivity contribution in [2.75, 3.05) is 27.3 Å². The largest absolute Gasteiger partial charge is 0.496 e. The fourth-order valence-corrected chi connectivity index (χ4v) is 4.58. The Labute approximate surface area is 202 Å². The number of amides is 2. The quantitative estimate of drug-likeness (QED) is 0.560. The van der Waals surface area contributed by atoms with Gasteiger partial charge < -0.3 is 30.2 Å². The lowest BCUT2D eigenvalue weighted by molar-refractivity contribution is -0.0246. The zero-order valence-electron chi connectivity index (χ0n) is 19.5. The first-order valence-corrected chi connectivity index (χ1v) is 11.2. The number of carbonyl (C=O) groups excluding carboxylic acids is 2. The number of carbonyl (C=O) groups is 2. The SMILES string of the molecule is [CH-]=C(N)c1ccc2c(c1)C(=O)NC1(CCN(C(=O)c3cc(OC)c4cccc(OC)c4n3)CC1)O2. The molecule has 1 fully saturated rings. The summed E-state index contributed by atoms with van der Waals surface area (Å²) >= 11 is 0. The molecule has 0 saturated carbocycles. The molecule has 180 valence electrons. The lowest BCUT2D eigenvalue weighted by atomic mass is 9.96. The molecule has 9 nitrogen and oxygen atoms in total. The first-order chi connectivity index (χ1) is 16.8. The minimum atomic E-state index is -0.891. The fourth-order valence-electron chi connectivity index (χ4n) is 4.58. The van der Waals surface area contributed by atoms with Gasteiger partial charge in [0.05, 0.1) is 19.8 Å². The molecule has 1 spiro atoms.